The maximum absolute atomic E-state index is 12.8. The predicted molar refractivity (Wildman–Crippen MR) is 82.3 cm³/mol. The number of amides is 1. The highest BCUT2D eigenvalue weighted by Gasteiger charge is 2.26. The van der Waals surface area contributed by atoms with Gasteiger partial charge in [0.25, 0.3) is 5.91 Å². The molecule has 0 bridgehead atoms. The fraction of sp³-hybridized carbons (Fsp3) is 0.375. The fourth-order valence-electron chi connectivity index (χ4n) is 2.54. The Balaban J connectivity index is 1.63. The van der Waals surface area contributed by atoms with Crippen LogP contribution in [0.5, 0.6) is 11.9 Å². The first-order chi connectivity index (χ1) is 11.7. The standard InChI is InChI=1S/C16H17FN4O3/c1-23-14-5-4-11(7-18-14)15(22)21-6-2-3-13(10-21)24-16-19-8-12(17)9-20-16/h4-5,7-9,13H,2-3,6,10H2,1H3. The number of hydrogen-bond donors (Lipinski definition) is 0. The molecule has 1 aliphatic rings. The molecule has 0 saturated carbocycles. The van der Waals surface area contributed by atoms with E-state index in [1.54, 1.807) is 17.0 Å². The number of aromatic nitrogens is 3. The van der Waals surface area contributed by atoms with E-state index >= 15 is 0 Å². The summed E-state index contributed by atoms with van der Waals surface area (Å²) in [6, 6.07) is 3.45. The largest absolute Gasteiger partial charge is 0.481 e. The Labute approximate surface area is 138 Å². The zero-order chi connectivity index (χ0) is 16.9. The summed E-state index contributed by atoms with van der Waals surface area (Å²) >= 11 is 0. The lowest BCUT2D eigenvalue weighted by atomic mass is 10.1. The summed E-state index contributed by atoms with van der Waals surface area (Å²) in [5.74, 6) is -0.173. The molecule has 7 nitrogen and oxygen atoms in total. The van der Waals surface area contributed by atoms with Crippen molar-refractivity contribution in [2.75, 3.05) is 20.2 Å². The van der Waals surface area contributed by atoms with Crippen LogP contribution in [0.2, 0.25) is 0 Å². The monoisotopic (exact) mass is 332 g/mol. The number of carbonyl (C=O) groups excluding carboxylic acids is 1. The molecule has 1 aliphatic heterocycles. The number of piperidine rings is 1. The molecule has 3 rings (SSSR count). The maximum atomic E-state index is 12.8. The van der Waals surface area contributed by atoms with Crippen LogP contribution in [0, 0.1) is 5.82 Å². The number of methoxy groups -OCH3 is 1. The fourth-order valence-corrected chi connectivity index (χ4v) is 2.54. The summed E-state index contributed by atoms with van der Waals surface area (Å²) in [7, 11) is 1.52. The molecule has 8 heteroatoms. The molecule has 24 heavy (non-hydrogen) atoms. The minimum atomic E-state index is -0.519. The molecule has 0 aromatic carbocycles. The van der Waals surface area contributed by atoms with E-state index in [-0.39, 0.29) is 18.0 Å². The van der Waals surface area contributed by atoms with Gasteiger partial charge in [-0.05, 0) is 18.9 Å². The van der Waals surface area contributed by atoms with E-state index in [1.165, 1.54) is 13.3 Å². The average molecular weight is 332 g/mol. The molecule has 1 atom stereocenters. The normalized spacial score (nSPS) is 17.4. The highest BCUT2D eigenvalue weighted by molar-refractivity contribution is 5.94. The van der Waals surface area contributed by atoms with Crippen molar-refractivity contribution >= 4 is 5.91 Å². The highest BCUT2D eigenvalue weighted by Crippen LogP contribution is 2.18. The first kappa shape index (κ1) is 16.1. The van der Waals surface area contributed by atoms with Crippen molar-refractivity contribution in [3.63, 3.8) is 0 Å². The van der Waals surface area contributed by atoms with Crippen LogP contribution in [-0.2, 0) is 0 Å². The van der Waals surface area contributed by atoms with E-state index in [0.29, 0.717) is 24.5 Å². The van der Waals surface area contributed by atoms with Gasteiger partial charge < -0.3 is 14.4 Å². The van der Waals surface area contributed by atoms with Crippen LogP contribution in [0.15, 0.2) is 30.7 Å². The average Bonchev–Trinajstić information content (AvgIpc) is 2.63. The lowest BCUT2D eigenvalue weighted by molar-refractivity contribution is 0.0515. The number of nitrogens with zero attached hydrogens (tertiary/aromatic N) is 4. The number of halogens is 1. The Bertz CT molecular complexity index is 693. The zero-order valence-electron chi connectivity index (χ0n) is 13.2. The molecule has 2 aromatic heterocycles. The van der Waals surface area contributed by atoms with Crippen LogP contribution in [0.25, 0.3) is 0 Å². The Morgan fingerprint density at radius 3 is 2.71 bits per heavy atom. The van der Waals surface area contributed by atoms with Crippen LogP contribution < -0.4 is 9.47 Å². The van der Waals surface area contributed by atoms with Gasteiger partial charge in [0.1, 0.15) is 6.10 Å². The number of pyridine rings is 1. The van der Waals surface area contributed by atoms with Gasteiger partial charge in [-0.3, -0.25) is 4.79 Å². The SMILES string of the molecule is COc1ccc(C(=O)N2CCCC(Oc3ncc(F)cn3)C2)cn1. The molecule has 126 valence electrons. The second-order valence-corrected chi connectivity index (χ2v) is 5.41. The van der Waals surface area contributed by atoms with Gasteiger partial charge in [0, 0.05) is 18.8 Å². The predicted octanol–water partition coefficient (Wildman–Crippen LogP) is 1.70. The van der Waals surface area contributed by atoms with Crippen LogP contribution in [0.3, 0.4) is 0 Å². The van der Waals surface area contributed by atoms with E-state index in [2.05, 4.69) is 15.0 Å². The van der Waals surface area contributed by atoms with Gasteiger partial charge in [-0.2, -0.15) is 0 Å². The van der Waals surface area contributed by atoms with Gasteiger partial charge in [0.15, 0.2) is 5.82 Å². The van der Waals surface area contributed by atoms with Gasteiger partial charge >= 0.3 is 6.01 Å². The summed E-state index contributed by atoms with van der Waals surface area (Å²) in [4.78, 5) is 25.9. The molecular weight excluding hydrogens is 315 g/mol. The van der Waals surface area contributed by atoms with Gasteiger partial charge in [0.2, 0.25) is 5.88 Å². The summed E-state index contributed by atoms with van der Waals surface area (Å²) in [5, 5.41) is 0. The third-order valence-corrected chi connectivity index (χ3v) is 3.73. The molecule has 0 radical (unpaired) electrons. The number of carbonyl (C=O) groups is 1. The summed E-state index contributed by atoms with van der Waals surface area (Å²) in [5.41, 5.74) is 0.495. The van der Waals surface area contributed by atoms with Crippen molar-refractivity contribution in [3.8, 4) is 11.9 Å². The number of hydrogen-bond acceptors (Lipinski definition) is 6. The quantitative estimate of drug-likeness (QED) is 0.848. The van der Waals surface area contributed by atoms with Crippen LogP contribution >= 0.6 is 0 Å². The van der Waals surface area contributed by atoms with Crippen molar-refractivity contribution in [2.45, 2.75) is 18.9 Å². The van der Waals surface area contributed by atoms with Gasteiger partial charge in [-0.25, -0.2) is 19.3 Å². The second-order valence-electron chi connectivity index (χ2n) is 5.41. The number of likely N-dealkylation sites (tertiary alicyclic amines) is 1. The van der Waals surface area contributed by atoms with Crippen molar-refractivity contribution < 1.29 is 18.7 Å². The van der Waals surface area contributed by atoms with E-state index in [9.17, 15) is 9.18 Å². The van der Waals surface area contributed by atoms with Gasteiger partial charge in [-0.15, -0.1) is 0 Å². The van der Waals surface area contributed by atoms with Crippen molar-refractivity contribution in [1.29, 1.82) is 0 Å². The van der Waals surface area contributed by atoms with Crippen molar-refractivity contribution in [2.24, 2.45) is 0 Å². The lowest BCUT2D eigenvalue weighted by Crippen LogP contribution is -2.44. The lowest BCUT2D eigenvalue weighted by Gasteiger charge is -2.32. The zero-order valence-corrected chi connectivity index (χ0v) is 13.2. The summed E-state index contributed by atoms with van der Waals surface area (Å²) in [6.07, 6.45) is 4.97. The first-order valence-corrected chi connectivity index (χ1v) is 7.59. The van der Waals surface area contributed by atoms with Crippen molar-refractivity contribution in [3.05, 3.63) is 42.1 Å². The summed E-state index contributed by atoms with van der Waals surface area (Å²) in [6.45, 7) is 1.07. The Morgan fingerprint density at radius 1 is 1.25 bits per heavy atom. The van der Waals surface area contributed by atoms with Crippen LogP contribution in [-0.4, -0.2) is 52.1 Å². The molecule has 2 aromatic rings. The molecule has 0 aliphatic carbocycles. The minimum Gasteiger partial charge on any atom is -0.481 e. The van der Waals surface area contributed by atoms with Crippen LogP contribution in [0.1, 0.15) is 23.2 Å². The van der Waals surface area contributed by atoms with Gasteiger partial charge in [0.05, 0.1) is 31.6 Å². The highest BCUT2D eigenvalue weighted by atomic mass is 19.1. The smallest absolute Gasteiger partial charge is 0.316 e. The number of rotatable bonds is 4. The third kappa shape index (κ3) is 3.76. The molecular formula is C16H17FN4O3. The Morgan fingerprint density at radius 2 is 2.04 bits per heavy atom. The molecule has 1 fully saturated rings. The van der Waals surface area contributed by atoms with E-state index in [4.69, 9.17) is 9.47 Å². The Kier molecular flexibility index (Phi) is 4.83. The molecule has 1 saturated heterocycles. The second kappa shape index (κ2) is 7.20. The minimum absolute atomic E-state index is 0.113. The molecule has 1 unspecified atom stereocenters. The van der Waals surface area contributed by atoms with E-state index < -0.39 is 5.82 Å². The number of ether oxygens (including phenoxy) is 2. The topological polar surface area (TPSA) is 77.4 Å². The van der Waals surface area contributed by atoms with E-state index in [1.807, 2.05) is 0 Å². The molecule has 0 spiro atoms. The molecule has 1 amide bonds. The van der Waals surface area contributed by atoms with Gasteiger partial charge in [-0.1, -0.05) is 0 Å². The molecule has 0 N–H and O–H groups in total. The van der Waals surface area contributed by atoms with Crippen LogP contribution in [0.4, 0.5) is 4.39 Å². The molecule has 3 heterocycles. The van der Waals surface area contributed by atoms with Crippen molar-refractivity contribution in [1.82, 2.24) is 19.9 Å². The Hall–Kier alpha value is -2.77. The summed E-state index contributed by atoms with van der Waals surface area (Å²) < 4.78 is 23.5. The first-order valence-electron chi connectivity index (χ1n) is 7.59. The van der Waals surface area contributed by atoms with E-state index in [0.717, 1.165) is 25.2 Å². The maximum Gasteiger partial charge on any atom is 0.316 e. The third-order valence-electron chi connectivity index (χ3n) is 3.73.